The molecular formula is C12H15ClO2. The maximum atomic E-state index is 11.6. The summed E-state index contributed by atoms with van der Waals surface area (Å²) in [4.78, 5) is 11.6. The van der Waals surface area contributed by atoms with Crippen LogP contribution in [0.15, 0.2) is 12.1 Å². The highest BCUT2D eigenvalue weighted by Crippen LogP contribution is 2.18. The Kier molecular flexibility index (Phi) is 4.15. The van der Waals surface area contributed by atoms with Gasteiger partial charge < -0.3 is 4.74 Å². The van der Waals surface area contributed by atoms with Gasteiger partial charge in [-0.15, -0.1) is 11.6 Å². The minimum Gasteiger partial charge on any atom is -0.462 e. The molecule has 3 heteroatoms. The molecule has 0 aromatic heterocycles. The van der Waals surface area contributed by atoms with E-state index in [1.54, 1.807) is 6.92 Å². The van der Waals surface area contributed by atoms with Crippen LogP contribution in [0.25, 0.3) is 0 Å². The molecule has 0 saturated heterocycles. The largest absolute Gasteiger partial charge is 0.462 e. The number of carbonyl (C=O) groups is 1. The van der Waals surface area contributed by atoms with Gasteiger partial charge in [-0.2, -0.15) is 0 Å². The Morgan fingerprint density at radius 1 is 1.33 bits per heavy atom. The molecular weight excluding hydrogens is 212 g/mol. The smallest absolute Gasteiger partial charge is 0.338 e. The minimum atomic E-state index is -0.265. The van der Waals surface area contributed by atoms with Gasteiger partial charge in [0.25, 0.3) is 0 Å². The minimum absolute atomic E-state index is 0.265. The molecule has 1 aromatic rings. The lowest BCUT2D eigenvalue weighted by molar-refractivity contribution is 0.0525. The van der Waals surface area contributed by atoms with Crippen LogP contribution < -0.4 is 0 Å². The molecule has 0 amide bonds. The van der Waals surface area contributed by atoms with Crippen LogP contribution in [0.2, 0.25) is 0 Å². The summed E-state index contributed by atoms with van der Waals surface area (Å²) in [6.07, 6.45) is 0. The Morgan fingerprint density at radius 2 is 2.00 bits per heavy atom. The average Bonchev–Trinajstić information content (AvgIpc) is 2.21. The van der Waals surface area contributed by atoms with Crippen molar-refractivity contribution in [3.63, 3.8) is 0 Å². The van der Waals surface area contributed by atoms with Gasteiger partial charge in [0.05, 0.1) is 12.2 Å². The van der Waals surface area contributed by atoms with Gasteiger partial charge in [0, 0.05) is 5.88 Å². The lowest BCUT2D eigenvalue weighted by Gasteiger charge is -2.09. The third kappa shape index (κ3) is 2.72. The lowest BCUT2D eigenvalue weighted by Crippen LogP contribution is -2.07. The summed E-state index contributed by atoms with van der Waals surface area (Å²) in [6.45, 7) is 6.03. The van der Waals surface area contributed by atoms with Gasteiger partial charge >= 0.3 is 5.97 Å². The molecule has 2 nitrogen and oxygen atoms in total. The van der Waals surface area contributed by atoms with Crippen molar-refractivity contribution in [3.05, 3.63) is 34.4 Å². The summed E-state index contributed by atoms with van der Waals surface area (Å²) in [5.41, 5.74) is 3.62. The molecule has 0 radical (unpaired) electrons. The van der Waals surface area contributed by atoms with E-state index in [9.17, 15) is 4.79 Å². The van der Waals surface area contributed by atoms with Gasteiger partial charge in [0.15, 0.2) is 0 Å². The van der Waals surface area contributed by atoms with Crippen molar-refractivity contribution in [2.75, 3.05) is 6.61 Å². The Bertz CT molecular complexity index is 372. The van der Waals surface area contributed by atoms with E-state index in [1.807, 2.05) is 26.0 Å². The first kappa shape index (κ1) is 12.1. The second-order valence-electron chi connectivity index (χ2n) is 3.45. The predicted octanol–water partition coefficient (Wildman–Crippen LogP) is 3.22. The summed E-state index contributed by atoms with van der Waals surface area (Å²) in [5, 5.41) is 0. The third-order valence-corrected chi connectivity index (χ3v) is 2.61. The molecule has 82 valence electrons. The number of rotatable bonds is 3. The monoisotopic (exact) mass is 226 g/mol. The summed E-state index contributed by atoms with van der Waals surface area (Å²) in [6, 6.07) is 3.78. The number of ether oxygens (including phenoxy) is 1. The zero-order chi connectivity index (χ0) is 11.4. The summed E-state index contributed by atoms with van der Waals surface area (Å²) >= 11 is 5.78. The number of hydrogen-bond donors (Lipinski definition) is 0. The second kappa shape index (κ2) is 5.17. The molecule has 0 aliphatic rings. The quantitative estimate of drug-likeness (QED) is 0.584. The molecule has 0 spiro atoms. The van der Waals surface area contributed by atoms with E-state index in [-0.39, 0.29) is 5.97 Å². The normalized spacial score (nSPS) is 10.1. The van der Waals surface area contributed by atoms with Crippen LogP contribution in [0.4, 0.5) is 0 Å². The number of aryl methyl sites for hydroxylation is 2. The highest BCUT2D eigenvalue weighted by atomic mass is 35.5. The van der Waals surface area contributed by atoms with Crippen LogP contribution in [0, 0.1) is 13.8 Å². The van der Waals surface area contributed by atoms with E-state index in [0.29, 0.717) is 18.1 Å². The average molecular weight is 227 g/mol. The Labute approximate surface area is 95.2 Å². The van der Waals surface area contributed by atoms with E-state index < -0.39 is 0 Å². The van der Waals surface area contributed by atoms with Gasteiger partial charge in [0.1, 0.15) is 0 Å². The van der Waals surface area contributed by atoms with Crippen molar-refractivity contribution in [1.29, 1.82) is 0 Å². The van der Waals surface area contributed by atoms with Gasteiger partial charge in [-0.3, -0.25) is 0 Å². The van der Waals surface area contributed by atoms with E-state index in [2.05, 4.69) is 0 Å². The van der Waals surface area contributed by atoms with E-state index in [1.165, 1.54) is 0 Å². The fourth-order valence-corrected chi connectivity index (χ4v) is 1.74. The van der Waals surface area contributed by atoms with Crippen LogP contribution >= 0.6 is 11.6 Å². The van der Waals surface area contributed by atoms with E-state index in [4.69, 9.17) is 16.3 Å². The summed E-state index contributed by atoms with van der Waals surface area (Å²) in [5.74, 6) is 0.203. The third-order valence-electron chi connectivity index (χ3n) is 2.32. The lowest BCUT2D eigenvalue weighted by atomic mass is 10.0. The highest BCUT2D eigenvalue weighted by Gasteiger charge is 2.11. The Hall–Kier alpha value is -1.02. The molecule has 0 bridgehead atoms. The number of benzene rings is 1. The fraction of sp³-hybridized carbons (Fsp3) is 0.417. The van der Waals surface area contributed by atoms with Crippen molar-refractivity contribution in [3.8, 4) is 0 Å². The van der Waals surface area contributed by atoms with Crippen molar-refractivity contribution >= 4 is 17.6 Å². The molecule has 0 unspecified atom stereocenters. The molecule has 0 saturated carbocycles. The van der Waals surface area contributed by atoms with Crippen LogP contribution in [0.5, 0.6) is 0 Å². The zero-order valence-electron chi connectivity index (χ0n) is 9.26. The number of esters is 1. The molecule has 0 aliphatic heterocycles. The van der Waals surface area contributed by atoms with Gasteiger partial charge in [-0.1, -0.05) is 6.07 Å². The zero-order valence-corrected chi connectivity index (χ0v) is 10.0. The number of carbonyl (C=O) groups excluding carboxylic acids is 1. The van der Waals surface area contributed by atoms with E-state index >= 15 is 0 Å². The predicted molar refractivity (Wildman–Crippen MR) is 61.4 cm³/mol. The van der Waals surface area contributed by atoms with Crippen molar-refractivity contribution in [1.82, 2.24) is 0 Å². The van der Waals surface area contributed by atoms with Crippen molar-refractivity contribution in [2.45, 2.75) is 26.7 Å². The molecule has 0 atom stereocenters. The molecule has 15 heavy (non-hydrogen) atoms. The SMILES string of the molecule is CCOC(=O)c1cc(C)c(CCl)cc1C. The first-order valence-electron chi connectivity index (χ1n) is 4.93. The summed E-state index contributed by atoms with van der Waals surface area (Å²) < 4.78 is 4.97. The van der Waals surface area contributed by atoms with Crippen molar-refractivity contribution < 1.29 is 9.53 Å². The molecule has 0 fully saturated rings. The number of alkyl halides is 1. The fourth-order valence-electron chi connectivity index (χ4n) is 1.45. The molecule has 1 rings (SSSR count). The van der Waals surface area contributed by atoms with Gasteiger partial charge in [-0.25, -0.2) is 4.79 Å². The summed E-state index contributed by atoms with van der Waals surface area (Å²) in [7, 11) is 0. The Balaban J connectivity index is 3.10. The number of halogens is 1. The Morgan fingerprint density at radius 3 is 2.53 bits per heavy atom. The molecule has 0 N–H and O–H groups in total. The molecule has 1 aromatic carbocycles. The molecule has 0 aliphatic carbocycles. The van der Waals surface area contributed by atoms with E-state index in [0.717, 1.165) is 16.7 Å². The number of hydrogen-bond acceptors (Lipinski definition) is 2. The maximum Gasteiger partial charge on any atom is 0.338 e. The first-order valence-corrected chi connectivity index (χ1v) is 5.46. The van der Waals surface area contributed by atoms with Crippen molar-refractivity contribution in [2.24, 2.45) is 0 Å². The highest BCUT2D eigenvalue weighted by molar-refractivity contribution is 6.17. The maximum absolute atomic E-state index is 11.6. The standard InChI is InChI=1S/C12H15ClO2/c1-4-15-12(14)11-6-8(2)10(7-13)5-9(11)3/h5-6H,4,7H2,1-3H3. The van der Waals surface area contributed by atoms with Crippen LogP contribution in [0.1, 0.15) is 34.0 Å². The van der Waals surface area contributed by atoms with Gasteiger partial charge in [-0.05, 0) is 43.5 Å². The van der Waals surface area contributed by atoms with Crippen LogP contribution in [0.3, 0.4) is 0 Å². The van der Waals surface area contributed by atoms with Crippen LogP contribution in [-0.4, -0.2) is 12.6 Å². The second-order valence-corrected chi connectivity index (χ2v) is 3.71. The van der Waals surface area contributed by atoms with Crippen LogP contribution in [-0.2, 0) is 10.6 Å². The molecule has 0 heterocycles. The first-order chi connectivity index (χ1) is 7.10. The van der Waals surface area contributed by atoms with Gasteiger partial charge in [0.2, 0.25) is 0 Å². The topological polar surface area (TPSA) is 26.3 Å².